The summed E-state index contributed by atoms with van der Waals surface area (Å²) in [5, 5.41) is 3.77. The van der Waals surface area contributed by atoms with Crippen LogP contribution in [0.5, 0.6) is 0 Å². The van der Waals surface area contributed by atoms with Gasteiger partial charge in [-0.05, 0) is 10.6 Å². The molecule has 0 radical (unpaired) electrons. The Balaban J connectivity index is 3.45. The Bertz CT molecular complexity index is 817. The second-order valence-corrected chi connectivity index (χ2v) is 6.33. The summed E-state index contributed by atoms with van der Waals surface area (Å²) in [7, 11) is 0. The van der Waals surface area contributed by atoms with Crippen LogP contribution >= 0.6 is 0 Å². The molecule has 14 nitrogen and oxygen atoms in total. The van der Waals surface area contributed by atoms with E-state index in [0.717, 1.165) is 27.7 Å². The van der Waals surface area contributed by atoms with Crippen molar-refractivity contribution >= 4 is 29.8 Å². The van der Waals surface area contributed by atoms with Gasteiger partial charge in [0.15, 0.2) is 12.2 Å². The van der Waals surface area contributed by atoms with Crippen LogP contribution in [0.25, 0.3) is 10.4 Å². The Morgan fingerprint density at radius 1 is 0.969 bits per heavy atom. The summed E-state index contributed by atoms with van der Waals surface area (Å²) in [6.07, 6.45) is -6.61. The second kappa shape index (κ2) is 11.2. The normalized spacial score (nSPS) is 24.9. The molecule has 3 unspecified atom stereocenters. The quantitative estimate of drug-likeness (QED) is 0.128. The molecule has 1 heterocycles. The van der Waals surface area contributed by atoms with E-state index in [1.165, 1.54) is 0 Å². The highest BCUT2D eigenvalue weighted by Crippen LogP contribution is 2.29. The first-order chi connectivity index (χ1) is 14.8. The summed E-state index contributed by atoms with van der Waals surface area (Å²) < 4.78 is 52.6. The number of carbonyl (C=O) groups is 5. The lowest BCUT2D eigenvalue weighted by atomic mass is 9.96. The minimum absolute atomic E-state index is 0.585. The number of alkyl halides is 2. The number of hydrogen-bond acceptors (Lipinski definition) is 11. The van der Waals surface area contributed by atoms with Crippen molar-refractivity contribution in [1.29, 1.82) is 0 Å². The van der Waals surface area contributed by atoms with Crippen molar-refractivity contribution in [3.8, 4) is 0 Å². The number of rotatable bonds is 8. The molecule has 0 aromatic rings. The molecule has 1 fully saturated rings. The van der Waals surface area contributed by atoms with Gasteiger partial charge in [-0.25, -0.2) is 0 Å². The molecule has 32 heavy (non-hydrogen) atoms. The van der Waals surface area contributed by atoms with Gasteiger partial charge >= 0.3 is 29.9 Å². The molecule has 178 valence electrons. The summed E-state index contributed by atoms with van der Waals surface area (Å²) in [6.45, 7) is 3.29. The number of nitrogens with zero attached hydrogens (tertiary/aromatic N) is 3. The van der Waals surface area contributed by atoms with E-state index >= 15 is 0 Å². The molecule has 1 amide bonds. The van der Waals surface area contributed by atoms with Crippen molar-refractivity contribution in [3.05, 3.63) is 10.4 Å². The fraction of sp³-hybridized carbons (Fsp3) is 0.688. The van der Waals surface area contributed by atoms with Gasteiger partial charge in [-0.1, -0.05) is 0 Å². The highest BCUT2D eigenvalue weighted by molar-refractivity contribution is 5.83. The number of carbonyl (C=O) groups excluding carboxylic acids is 5. The predicted octanol–water partition coefficient (Wildman–Crippen LogP) is 0.0888. The molecule has 0 spiro atoms. The summed E-state index contributed by atoms with van der Waals surface area (Å²) >= 11 is 0. The summed E-state index contributed by atoms with van der Waals surface area (Å²) in [4.78, 5) is 59.7. The molecule has 0 aromatic heterocycles. The van der Waals surface area contributed by atoms with Crippen LogP contribution in [0.3, 0.4) is 0 Å². The van der Waals surface area contributed by atoms with Crippen molar-refractivity contribution in [2.24, 2.45) is 5.11 Å². The van der Waals surface area contributed by atoms with Gasteiger partial charge in [0.25, 0.3) is 5.91 Å². The Hall–Kier alpha value is -3.52. The van der Waals surface area contributed by atoms with Crippen LogP contribution in [-0.4, -0.2) is 73.1 Å². The van der Waals surface area contributed by atoms with Crippen LogP contribution in [0.1, 0.15) is 27.7 Å². The molecule has 0 aliphatic carbocycles. The number of hydrogen-bond donors (Lipinski definition) is 1. The van der Waals surface area contributed by atoms with Crippen molar-refractivity contribution in [2.75, 3.05) is 6.61 Å². The van der Waals surface area contributed by atoms with E-state index in [-0.39, 0.29) is 0 Å². The molecule has 0 bridgehead atoms. The van der Waals surface area contributed by atoms with Crippen molar-refractivity contribution in [2.45, 2.75) is 64.4 Å². The summed E-state index contributed by atoms with van der Waals surface area (Å²) in [5.41, 5.74) is 8.21. The Labute approximate surface area is 179 Å². The molecular formula is C16H20F2N4O10. The van der Waals surface area contributed by atoms with Gasteiger partial charge in [0.1, 0.15) is 18.8 Å². The number of esters is 4. The van der Waals surface area contributed by atoms with E-state index in [1.54, 1.807) is 5.32 Å². The number of nitrogens with one attached hydrogen (secondary N) is 1. The smallest absolute Gasteiger partial charge is 0.401 e. The highest BCUT2D eigenvalue weighted by Gasteiger charge is 2.54. The van der Waals surface area contributed by atoms with E-state index in [9.17, 15) is 32.8 Å². The first-order valence-electron chi connectivity index (χ1n) is 8.84. The molecule has 1 N–H and O–H groups in total. The van der Waals surface area contributed by atoms with Crippen LogP contribution in [0.2, 0.25) is 0 Å². The second-order valence-electron chi connectivity index (χ2n) is 6.33. The van der Waals surface area contributed by atoms with Gasteiger partial charge in [-0.3, -0.25) is 24.0 Å². The number of halogens is 2. The molecule has 0 saturated carbocycles. The Morgan fingerprint density at radius 3 is 1.97 bits per heavy atom. The van der Waals surface area contributed by atoms with Crippen LogP contribution in [0, 0.1) is 0 Å². The fourth-order valence-electron chi connectivity index (χ4n) is 2.66. The van der Waals surface area contributed by atoms with Crippen molar-refractivity contribution < 1.29 is 56.4 Å². The molecule has 1 saturated heterocycles. The SMILES string of the molecule is CC(=O)OCC1O[C@@H](OC(C)=O)C(NC(=O)C(F)(F)N=[N+]=[N-])C(OC(C)=O)[C@H]1OC(C)=O. The third-order valence-corrected chi connectivity index (χ3v) is 3.72. The minimum Gasteiger partial charge on any atom is -0.463 e. The van der Waals surface area contributed by atoms with E-state index < -0.39 is 73.1 Å². The third kappa shape index (κ3) is 7.63. The van der Waals surface area contributed by atoms with Gasteiger partial charge in [0, 0.05) is 32.6 Å². The summed E-state index contributed by atoms with van der Waals surface area (Å²) in [5.74, 6) is -5.84. The average Bonchev–Trinajstić information content (AvgIpc) is 2.63. The van der Waals surface area contributed by atoms with E-state index in [4.69, 9.17) is 29.2 Å². The lowest BCUT2D eigenvalue weighted by molar-refractivity contribution is -0.271. The maximum atomic E-state index is 13.7. The van der Waals surface area contributed by atoms with E-state index in [1.807, 2.05) is 4.91 Å². The fourth-order valence-corrected chi connectivity index (χ4v) is 2.66. The van der Waals surface area contributed by atoms with Gasteiger partial charge in [0.05, 0.1) is 0 Å². The van der Waals surface area contributed by atoms with Crippen LogP contribution in [0.4, 0.5) is 8.78 Å². The molecule has 1 aliphatic heterocycles. The van der Waals surface area contributed by atoms with Gasteiger partial charge in [-0.15, -0.1) is 0 Å². The molecule has 0 aromatic carbocycles. The first-order valence-corrected chi connectivity index (χ1v) is 8.84. The Kier molecular flexibility index (Phi) is 9.28. The van der Waals surface area contributed by atoms with Crippen LogP contribution in [0.15, 0.2) is 5.11 Å². The number of ether oxygens (including phenoxy) is 5. The monoisotopic (exact) mass is 466 g/mol. The van der Waals surface area contributed by atoms with Crippen LogP contribution < -0.4 is 5.32 Å². The minimum atomic E-state index is -4.58. The first kappa shape index (κ1) is 26.5. The number of azide groups is 1. The molecular weight excluding hydrogens is 446 g/mol. The molecule has 1 aliphatic rings. The summed E-state index contributed by atoms with van der Waals surface area (Å²) in [6, 6.07) is -6.44. The maximum Gasteiger partial charge on any atom is 0.401 e. The van der Waals surface area contributed by atoms with Crippen molar-refractivity contribution in [1.82, 2.24) is 5.32 Å². The van der Waals surface area contributed by atoms with Gasteiger partial charge in [-0.2, -0.15) is 8.78 Å². The average molecular weight is 466 g/mol. The standard InChI is InChI=1S/C16H20F2N4O10/c1-6(23)28-5-10-12(29-7(2)24)13(30-8(3)25)11(14(32-10)31-9(4)26)20-15(27)16(17,18)21-22-19/h10-14H,5H2,1-4H3,(H,20,27)/t10?,11?,12-,13?,14+/m0/s1. The molecule has 1 rings (SSSR count). The predicted molar refractivity (Wildman–Crippen MR) is 94.2 cm³/mol. The lowest BCUT2D eigenvalue weighted by Gasteiger charge is -2.44. The largest absolute Gasteiger partial charge is 0.463 e. The zero-order valence-electron chi connectivity index (χ0n) is 17.3. The highest BCUT2D eigenvalue weighted by atomic mass is 19.3. The topological polar surface area (TPSA) is 192 Å². The number of amides is 1. The molecule has 16 heteroatoms. The Morgan fingerprint density at radius 2 is 1.50 bits per heavy atom. The maximum absolute atomic E-state index is 13.7. The molecule has 5 atom stereocenters. The van der Waals surface area contributed by atoms with Crippen molar-refractivity contribution in [3.63, 3.8) is 0 Å². The van der Waals surface area contributed by atoms with E-state index in [2.05, 4.69) is 5.11 Å². The van der Waals surface area contributed by atoms with E-state index in [0.29, 0.717) is 0 Å². The van der Waals surface area contributed by atoms with Gasteiger partial charge in [0.2, 0.25) is 6.29 Å². The van der Waals surface area contributed by atoms with Gasteiger partial charge < -0.3 is 29.0 Å². The zero-order chi connectivity index (χ0) is 24.6. The zero-order valence-corrected chi connectivity index (χ0v) is 17.3. The third-order valence-electron chi connectivity index (χ3n) is 3.72. The van der Waals surface area contributed by atoms with Crippen LogP contribution in [-0.2, 0) is 47.7 Å². The lowest BCUT2D eigenvalue weighted by Crippen LogP contribution is -2.67.